The molecule has 2 amide bonds. The summed E-state index contributed by atoms with van der Waals surface area (Å²) in [5.74, 6) is -0.481. The van der Waals surface area contributed by atoms with Crippen molar-refractivity contribution in [1.29, 1.82) is 0 Å². The van der Waals surface area contributed by atoms with Crippen LogP contribution in [0.5, 0.6) is 0 Å². The molecule has 148 valence electrons. The zero-order chi connectivity index (χ0) is 20.3. The molecule has 2 aromatic rings. The van der Waals surface area contributed by atoms with Crippen LogP contribution in [0.25, 0.3) is 0 Å². The van der Waals surface area contributed by atoms with Gasteiger partial charge in [-0.3, -0.25) is 9.59 Å². The summed E-state index contributed by atoms with van der Waals surface area (Å²) < 4.78 is 38.0. The first-order valence-electron chi connectivity index (χ1n) is 9.06. The molecule has 7 heteroatoms. The third-order valence-electron chi connectivity index (χ3n) is 5.06. The predicted molar refractivity (Wildman–Crippen MR) is 99.9 cm³/mol. The number of piperidine rings is 1. The lowest BCUT2D eigenvalue weighted by molar-refractivity contribution is -0.137. The summed E-state index contributed by atoms with van der Waals surface area (Å²) in [5, 5.41) is 0. The summed E-state index contributed by atoms with van der Waals surface area (Å²) in [6.45, 7) is 0.803. The smallest absolute Gasteiger partial charge is 0.339 e. The first-order chi connectivity index (χ1) is 13.3. The predicted octanol–water partition coefficient (Wildman–Crippen LogP) is 4.22. The maximum absolute atomic E-state index is 12.7. The van der Waals surface area contributed by atoms with E-state index in [1.165, 1.54) is 12.1 Å². The van der Waals surface area contributed by atoms with Gasteiger partial charge in [0.2, 0.25) is 5.91 Å². The molecule has 0 radical (unpaired) electrons. The number of amides is 2. The van der Waals surface area contributed by atoms with E-state index in [0.29, 0.717) is 25.9 Å². The summed E-state index contributed by atoms with van der Waals surface area (Å²) in [6, 6.07) is 13.6. The van der Waals surface area contributed by atoms with Gasteiger partial charge in [0.05, 0.1) is 5.56 Å². The Kier molecular flexibility index (Phi) is 5.72. The summed E-state index contributed by atoms with van der Waals surface area (Å²) in [7, 11) is 1.73. The Morgan fingerprint density at radius 1 is 0.964 bits per heavy atom. The number of rotatable bonds is 3. The first kappa shape index (κ1) is 19.9. The molecule has 0 aromatic heterocycles. The van der Waals surface area contributed by atoms with Crippen LogP contribution in [0.2, 0.25) is 0 Å². The normalized spacial score (nSPS) is 15.4. The van der Waals surface area contributed by atoms with Crippen LogP contribution in [0, 0.1) is 5.92 Å². The van der Waals surface area contributed by atoms with E-state index < -0.39 is 11.7 Å². The minimum Gasteiger partial charge on any atom is -0.339 e. The lowest BCUT2D eigenvalue weighted by atomic mass is 9.94. The number of alkyl halides is 3. The van der Waals surface area contributed by atoms with Gasteiger partial charge in [-0.25, -0.2) is 0 Å². The van der Waals surface area contributed by atoms with Gasteiger partial charge in [0.1, 0.15) is 0 Å². The van der Waals surface area contributed by atoms with E-state index in [4.69, 9.17) is 0 Å². The summed E-state index contributed by atoms with van der Waals surface area (Å²) in [4.78, 5) is 28.4. The molecule has 3 rings (SSSR count). The number of likely N-dealkylation sites (tertiary alicyclic amines) is 1. The fourth-order valence-electron chi connectivity index (χ4n) is 3.37. The molecule has 4 nitrogen and oxygen atoms in total. The molecule has 0 spiro atoms. The van der Waals surface area contributed by atoms with Crippen molar-refractivity contribution >= 4 is 17.5 Å². The highest BCUT2D eigenvalue weighted by Gasteiger charge is 2.32. The van der Waals surface area contributed by atoms with Crippen LogP contribution >= 0.6 is 0 Å². The van der Waals surface area contributed by atoms with Crippen LogP contribution in [0.15, 0.2) is 54.6 Å². The molecule has 1 aliphatic heterocycles. The van der Waals surface area contributed by atoms with Gasteiger partial charge < -0.3 is 9.80 Å². The lowest BCUT2D eigenvalue weighted by Crippen LogP contribution is -2.43. The molecule has 1 saturated heterocycles. The molecule has 0 N–H and O–H groups in total. The number of benzene rings is 2. The van der Waals surface area contributed by atoms with Crippen LogP contribution in [0.4, 0.5) is 18.9 Å². The Bertz CT molecular complexity index is 827. The van der Waals surface area contributed by atoms with Gasteiger partial charge >= 0.3 is 6.18 Å². The van der Waals surface area contributed by atoms with E-state index in [9.17, 15) is 22.8 Å². The van der Waals surface area contributed by atoms with Gasteiger partial charge in [0.15, 0.2) is 0 Å². The Morgan fingerprint density at radius 2 is 1.54 bits per heavy atom. The first-order valence-corrected chi connectivity index (χ1v) is 9.06. The van der Waals surface area contributed by atoms with Crippen molar-refractivity contribution < 1.29 is 22.8 Å². The molecule has 1 heterocycles. The zero-order valence-corrected chi connectivity index (χ0v) is 15.4. The molecule has 1 aliphatic rings. The molecule has 0 unspecified atom stereocenters. The third-order valence-corrected chi connectivity index (χ3v) is 5.06. The Hall–Kier alpha value is -2.83. The SMILES string of the molecule is CN(C(=O)C1CCN(C(=O)c2ccc(C(F)(F)F)cc2)CC1)c1ccccc1. The summed E-state index contributed by atoms with van der Waals surface area (Å²) >= 11 is 0. The highest BCUT2D eigenvalue weighted by molar-refractivity contribution is 5.96. The Balaban J connectivity index is 1.59. The quantitative estimate of drug-likeness (QED) is 0.787. The van der Waals surface area contributed by atoms with Gasteiger partial charge in [-0.15, -0.1) is 0 Å². The summed E-state index contributed by atoms with van der Waals surface area (Å²) in [6.07, 6.45) is -3.37. The van der Waals surface area contributed by atoms with Crippen molar-refractivity contribution in [2.24, 2.45) is 5.92 Å². The van der Waals surface area contributed by atoms with Crippen molar-refractivity contribution in [2.45, 2.75) is 19.0 Å². The molecular weight excluding hydrogens is 369 g/mol. The van der Waals surface area contributed by atoms with Crippen molar-refractivity contribution in [3.05, 3.63) is 65.7 Å². The maximum atomic E-state index is 12.7. The average Bonchev–Trinajstić information content (AvgIpc) is 2.72. The van der Waals surface area contributed by atoms with E-state index in [1.54, 1.807) is 16.8 Å². The van der Waals surface area contributed by atoms with Gasteiger partial charge in [0, 0.05) is 37.3 Å². The standard InChI is InChI=1S/C21H21F3N2O2/c1-25(18-5-3-2-4-6-18)19(27)16-11-13-26(14-12-16)20(28)15-7-9-17(10-8-15)21(22,23)24/h2-10,16H,11-14H2,1H3. The molecular formula is C21H21F3N2O2. The number of carbonyl (C=O) groups excluding carboxylic acids is 2. The molecule has 2 aromatic carbocycles. The highest BCUT2D eigenvalue weighted by atomic mass is 19.4. The van der Waals surface area contributed by atoms with Crippen molar-refractivity contribution in [2.75, 3.05) is 25.0 Å². The van der Waals surface area contributed by atoms with Gasteiger partial charge in [-0.2, -0.15) is 13.2 Å². The van der Waals surface area contributed by atoms with Gasteiger partial charge in [-0.1, -0.05) is 18.2 Å². The fraction of sp³-hybridized carbons (Fsp3) is 0.333. The van der Waals surface area contributed by atoms with Crippen molar-refractivity contribution in [1.82, 2.24) is 4.90 Å². The van der Waals surface area contributed by atoms with E-state index >= 15 is 0 Å². The second kappa shape index (κ2) is 8.04. The number of nitrogens with zero attached hydrogens (tertiary/aromatic N) is 2. The maximum Gasteiger partial charge on any atom is 0.416 e. The van der Waals surface area contributed by atoms with E-state index in [2.05, 4.69) is 0 Å². The minimum atomic E-state index is -4.43. The largest absolute Gasteiger partial charge is 0.416 e. The molecule has 28 heavy (non-hydrogen) atoms. The van der Waals surface area contributed by atoms with Crippen molar-refractivity contribution in [3.63, 3.8) is 0 Å². The van der Waals surface area contributed by atoms with Crippen LogP contribution in [0.3, 0.4) is 0 Å². The number of hydrogen-bond donors (Lipinski definition) is 0. The number of hydrogen-bond acceptors (Lipinski definition) is 2. The number of anilines is 1. The zero-order valence-electron chi connectivity index (χ0n) is 15.4. The summed E-state index contributed by atoms with van der Waals surface area (Å²) in [5.41, 5.74) is 0.257. The molecule has 0 atom stereocenters. The van der Waals surface area contributed by atoms with Crippen LogP contribution < -0.4 is 4.90 Å². The Morgan fingerprint density at radius 3 is 2.07 bits per heavy atom. The third kappa shape index (κ3) is 4.35. The van der Waals surface area contributed by atoms with E-state index in [-0.39, 0.29) is 23.3 Å². The van der Waals surface area contributed by atoms with Crippen molar-refractivity contribution in [3.8, 4) is 0 Å². The lowest BCUT2D eigenvalue weighted by Gasteiger charge is -2.33. The van der Waals surface area contributed by atoms with Crippen LogP contribution in [-0.2, 0) is 11.0 Å². The Labute approximate surface area is 161 Å². The molecule has 0 saturated carbocycles. The van der Waals surface area contributed by atoms with Crippen LogP contribution in [-0.4, -0.2) is 36.9 Å². The molecule has 0 bridgehead atoms. The number of carbonyl (C=O) groups is 2. The number of halogens is 3. The second-order valence-electron chi connectivity index (χ2n) is 6.87. The van der Waals surface area contributed by atoms with Gasteiger partial charge in [-0.05, 0) is 49.2 Å². The monoisotopic (exact) mass is 390 g/mol. The van der Waals surface area contributed by atoms with Gasteiger partial charge in [0.25, 0.3) is 5.91 Å². The topological polar surface area (TPSA) is 40.6 Å². The van der Waals surface area contributed by atoms with Crippen LogP contribution in [0.1, 0.15) is 28.8 Å². The number of para-hydroxylation sites is 1. The second-order valence-corrected chi connectivity index (χ2v) is 6.87. The molecule has 0 aliphatic carbocycles. The molecule has 1 fully saturated rings. The fourth-order valence-corrected chi connectivity index (χ4v) is 3.37. The average molecular weight is 390 g/mol. The van der Waals surface area contributed by atoms with E-state index in [0.717, 1.165) is 17.8 Å². The minimum absolute atomic E-state index is 0.00725. The van der Waals surface area contributed by atoms with E-state index in [1.807, 2.05) is 30.3 Å². The highest BCUT2D eigenvalue weighted by Crippen LogP contribution is 2.29.